The minimum atomic E-state index is 0.443. The Morgan fingerprint density at radius 2 is 1.12 bits per heavy atom. The number of benzene rings is 3. The van der Waals surface area contributed by atoms with Crippen molar-refractivity contribution in [2.45, 2.75) is 67.2 Å². The number of rotatable bonds is 5. The first kappa shape index (κ1) is 23.0. The molecule has 4 aromatic rings. The Hall–Kier alpha value is -3.20. The lowest BCUT2D eigenvalue weighted by molar-refractivity contribution is 0.833. The van der Waals surface area contributed by atoms with Gasteiger partial charge in [-0.15, -0.1) is 10.2 Å². The van der Waals surface area contributed by atoms with Crippen LogP contribution in [-0.4, -0.2) is 14.8 Å². The summed E-state index contributed by atoms with van der Waals surface area (Å²) in [4.78, 5) is 0. The van der Waals surface area contributed by atoms with Crippen molar-refractivity contribution in [2.75, 3.05) is 0 Å². The normalized spacial score (nSPS) is 11.6. The first-order valence-corrected chi connectivity index (χ1v) is 11.9. The van der Waals surface area contributed by atoms with Gasteiger partial charge < -0.3 is 0 Å². The van der Waals surface area contributed by atoms with Crippen LogP contribution in [0.2, 0.25) is 0 Å². The van der Waals surface area contributed by atoms with Gasteiger partial charge in [0.25, 0.3) is 0 Å². The standard InChI is InChI=1S/C30H35N3/c1-18(2)25-15-26(19(3)4)17-27(16-25)30-32-31-29(24-13-12-20(5)23(8)14-24)33(30)28-21(6)10-9-11-22(28)7/h9-19H,1-8H3. The summed E-state index contributed by atoms with van der Waals surface area (Å²) in [5.74, 6) is 2.66. The zero-order chi connectivity index (χ0) is 23.9. The Morgan fingerprint density at radius 1 is 0.576 bits per heavy atom. The van der Waals surface area contributed by atoms with Gasteiger partial charge in [-0.1, -0.05) is 64.1 Å². The van der Waals surface area contributed by atoms with Crippen molar-refractivity contribution < 1.29 is 0 Å². The Balaban J connectivity index is 2.05. The van der Waals surface area contributed by atoms with Gasteiger partial charge in [0.05, 0.1) is 5.69 Å². The molecule has 0 aliphatic heterocycles. The SMILES string of the molecule is Cc1ccc(-c2nnc(-c3cc(C(C)C)cc(C(C)C)c3)n2-c2c(C)cccc2C)cc1C. The predicted molar refractivity (Wildman–Crippen MR) is 139 cm³/mol. The summed E-state index contributed by atoms with van der Waals surface area (Å²) in [6.07, 6.45) is 0. The lowest BCUT2D eigenvalue weighted by Gasteiger charge is -2.18. The highest BCUT2D eigenvalue weighted by molar-refractivity contribution is 5.70. The van der Waals surface area contributed by atoms with Gasteiger partial charge >= 0.3 is 0 Å². The van der Waals surface area contributed by atoms with E-state index in [0.717, 1.165) is 28.5 Å². The fourth-order valence-corrected chi connectivity index (χ4v) is 4.38. The van der Waals surface area contributed by atoms with E-state index in [4.69, 9.17) is 10.2 Å². The van der Waals surface area contributed by atoms with Crippen LogP contribution in [0.1, 0.15) is 72.9 Å². The zero-order valence-electron chi connectivity index (χ0n) is 21.2. The average molecular weight is 438 g/mol. The maximum Gasteiger partial charge on any atom is 0.168 e. The minimum absolute atomic E-state index is 0.443. The van der Waals surface area contributed by atoms with Crippen LogP contribution in [0, 0.1) is 27.7 Å². The van der Waals surface area contributed by atoms with Gasteiger partial charge in [-0.05, 0) is 91.1 Å². The van der Waals surface area contributed by atoms with Crippen LogP contribution < -0.4 is 0 Å². The van der Waals surface area contributed by atoms with Crippen molar-refractivity contribution in [2.24, 2.45) is 0 Å². The molecule has 0 saturated carbocycles. The van der Waals surface area contributed by atoms with Crippen LogP contribution in [0.5, 0.6) is 0 Å². The van der Waals surface area contributed by atoms with Gasteiger partial charge in [0.2, 0.25) is 0 Å². The predicted octanol–water partition coefficient (Wildman–Crippen LogP) is 8.08. The first-order chi connectivity index (χ1) is 15.7. The molecular weight excluding hydrogens is 402 g/mol. The van der Waals surface area contributed by atoms with Gasteiger partial charge in [0.15, 0.2) is 11.6 Å². The third-order valence-electron chi connectivity index (χ3n) is 6.66. The van der Waals surface area contributed by atoms with E-state index in [0.29, 0.717) is 11.8 Å². The summed E-state index contributed by atoms with van der Waals surface area (Å²) in [6.45, 7) is 17.6. The second-order valence-corrected chi connectivity index (χ2v) is 9.92. The number of hydrogen-bond acceptors (Lipinski definition) is 2. The molecule has 3 aromatic carbocycles. The van der Waals surface area contributed by atoms with Crippen molar-refractivity contribution in [1.29, 1.82) is 0 Å². The minimum Gasteiger partial charge on any atom is -0.274 e. The molecule has 0 fully saturated rings. The van der Waals surface area contributed by atoms with Crippen LogP contribution in [0.3, 0.4) is 0 Å². The van der Waals surface area contributed by atoms with Gasteiger partial charge in [-0.25, -0.2) is 0 Å². The van der Waals surface area contributed by atoms with Crippen LogP contribution in [-0.2, 0) is 0 Å². The molecule has 33 heavy (non-hydrogen) atoms. The molecular formula is C30H35N3. The van der Waals surface area contributed by atoms with Gasteiger partial charge in [-0.3, -0.25) is 4.57 Å². The molecule has 0 unspecified atom stereocenters. The molecule has 0 aliphatic carbocycles. The number of nitrogens with zero attached hydrogens (tertiary/aromatic N) is 3. The molecule has 0 aliphatic rings. The van der Waals surface area contributed by atoms with E-state index >= 15 is 0 Å². The number of aromatic nitrogens is 3. The fraction of sp³-hybridized carbons (Fsp3) is 0.333. The molecule has 3 nitrogen and oxygen atoms in total. The second kappa shape index (κ2) is 8.97. The maximum absolute atomic E-state index is 4.79. The highest BCUT2D eigenvalue weighted by Crippen LogP contribution is 2.35. The van der Waals surface area contributed by atoms with E-state index in [1.807, 2.05) is 0 Å². The summed E-state index contributed by atoms with van der Waals surface area (Å²) >= 11 is 0. The van der Waals surface area contributed by atoms with Crippen molar-refractivity contribution in [1.82, 2.24) is 14.8 Å². The summed E-state index contributed by atoms with van der Waals surface area (Å²) in [7, 11) is 0. The molecule has 170 valence electrons. The number of aryl methyl sites for hydroxylation is 4. The number of hydrogen-bond donors (Lipinski definition) is 0. The molecule has 0 radical (unpaired) electrons. The fourth-order valence-electron chi connectivity index (χ4n) is 4.38. The summed E-state index contributed by atoms with van der Waals surface area (Å²) in [6, 6.07) is 19.9. The van der Waals surface area contributed by atoms with Crippen LogP contribution in [0.4, 0.5) is 0 Å². The molecule has 0 N–H and O–H groups in total. The highest BCUT2D eigenvalue weighted by atomic mass is 15.3. The molecule has 0 amide bonds. The Bertz CT molecular complexity index is 1260. The summed E-state index contributed by atoms with van der Waals surface area (Å²) in [5.41, 5.74) is 11.0. The highest BCUT2D eigenvalue weighted by Gasteiger charge is 2.21. The Labute approximate surface area is 198 Å². The van der Waals surface area contributed by atoms with Crippen LogP contribution in [0.25, 0.3) is 28.5 Å². The van der Waals surface area contributed by atoms with E-state index in [9.17, 15) is 0 Å². The molecule has 0 saturated heterocycles. The lowest BCUT2D eigenvalue weighted by Crippen LogP contribution is -2.06. The first-order valence-electron chi connectivity index (χ1n) is 11.9. The topological polar surface area (TPSA) is 30.7 Å². The van der Waals surface area contributed by atoms with E-state index in [-0.39, 0.29) is 0 Å². The van der Waals surface area contributed by atoms with Crippen molar-refractivity contribution in [3.63, 3.8) is 0 Å². The molecule has 3 heteroatoms. The van der Waals surface area contributed by atoms with Crippen LogP contribution >= 0.6 is 0 Å². The maximum atomic E-state index is 4.79. The third-order valence-corrected chi connectivity index (χ3v) is 6.66. The molecule has 1 heterocycles. The monoisotopic (exact) mass is 437 g/mol. The van der Waals surface area contributed by atoms with Gasteiger partial charge in [0, 0.05) is 11.1 Å². The van der Waals surface area contributed by atoms with Crippen LogP contribution in [0.15, 0.2) is 54.6 Å². The average Bonchev–Trinajstić information content (AvgIpc) is 3.20. The molecule has 0 bridgehead atoms. The van der Waals surface area contributed by atoms with Gasteiger partial charge in [0.1, 0.15) is 0 Å². The lowest BCUT2D eigenvalue weighted by atomic mass is 9.93. The molecule has 4 rings (SSSR count). The van der Waals surface area contributed by atoms with E-state index in [1.54, 1.807) is 0 Å². The smallest absolute Gasteiger partial charge is 0.168 e. The molecule has 1 aromatic heterocycles. The third kappa shape index (κ3) is 4.37. The largest absolute Gasteiger partial charge is 0.274 e. The van der Waals surface area contributed by atoms with Crippen molar-refractivity contribution in [3.8, 4) is 28.5 Å². The quantitative estimate of drug-likeness (QED) is 0.316. The summed E-state index contributed by atoms with van der Waals surface area (Å²) in [5, 5.41) is 9.54. The van der Waals surface area contributed by atoms with E-state index < -0.39 is 0 Å². The molecule has 0 atom stereocenters. The molecule has 0 spiro atoms. The zero-order valence-corrected chi connectivity index (χ0v) is 21.2. The van der Waals surface area contributed by atoms with Gasteiger partial charge in [-0.2, -0.15) is 0 Å². The second-order valence-electron chi connectivity index (χ2n) is 9.92. The Kier molecular flexibility index (Phi) is 6.25. The van der Waals surface area contributed by atoms with Crippen molar-refractivity contribution >= 4 is 0 Å². The Morgan fingerprint density at radius 3 is 1.64 bits per heavy atom. The number of para-hydroxylation sites is 1. The van der Waals surface area contributed by atoms with E-state index in [1.165, 1.54) is 33.4 Å². The summed E-state index contributed by atoms with van der Waals surface area (Å²) < 4.78 is 2.26. The van der Waals surface area contributed by atoms with E-state index in [2.05, 4.69) is 115 Å². The van der Waals surface area contributed by atoms with Crippen molar-refractivity contribution in [3.05, 3.63) is 88.0 Å².